The van der Waals surface area contributed by atoms with E-state index in [-0.39, 0.29) is 11.6 Å². The molecule has 0 saturated heterocycles. The first-order valence-electron chi connectivity index (χ1n) is 7.65. The Bertz CT molecular complexity index is 869. The van der Waals surface area contributed by atoms with Gasteiger partial charge in [0, 0.05) is 20.7 Å². The molecule has 5 heteroatoms. The quantitative estimate of drug-likeness (QED) is 0.507. The van der Waals surface area contributed by atoms with Crippen molar-refractivity contribution in [1.29, 1.82) is 0 Å². The zero-order chi connectivity index (χ0) is 17.6. The normalized spacial score (nSPS) is 10.5. The van der Waals surface area contributed by atoms with Crippen LogP contribution in [0.2, 0.25) is 0 Å². The third-order valence-corrected chi connectivity index (χ3v) is 5.12. The second-order valence-electron chi connectivity index (χ2n) is 5.38. The number of hydrogen-bond donors (Lipinski definition) is 1. The molecule has 0 aliphatic carbocycles. The van der Waals surface area contributed by atoms with Gasteiger partial charge in [0.25, 0.3) is 5.91 Å². The molecule has 0 aromatic heterocycles. The smallest absolute Gasteiger partial charge is 0.255 e. The minimum absolute atomic E-state index is 0.164. The third kappa shape index (κ3) is 4.94. The van der Waals surface area contributed by atoms with Gasteiger partial charge < -0.3 is 5.32 Å². The summed E-state index contributed by atoms with van der Waals surface area (Å²) in [4.78, 5) is 13.5. The second kappa shape index (κ2) is 8.32. The number of halogens is 2. The van der Waals surface area contributed by atoms with Gasteiger partial charge in [-0.2, -0.15) is 0 Å². The number of anilines is 1. The van der Waals surface area contributed by atoms with Crippen LogP contribution in [0, 0.1) is 5.82 Å². The molecule has 0 atom stereocenters. The summed E-state index contributed by atoms with van der Waals surface area (Å²) >= 11 is 4.93. The summed E-state index contributed by atoms with van der Waals surface area (Å²) in [5.41, 5.74) is 1.79. The van der Waals surface area contributed by atoms with Crippen LogP contribution in [0.5, 0.6) is 0 Å². The predicted octanol–water partition coefficient (Wildman–Crippen LogP) is 6.13. The van der Waals surface area contributed by atoms with E-state index < -0.39 is 5.82 Å². The highest BCUT2D eigenvalue weighted by molar-refractivity contribution is 9.10. The minimum atomic E-state index is -0.474. The number of nitrogens with one attached hydrogen (secondary N) is 1. The minimum Gasteiger partial charge on any atom is -0.319 e. The van der Waals surface area contributed by atoms with Gasteiger partial charge in [0.05, 0.1) is 5.69 Å². The van der Waals surface area contributed by atoms with E-state index in [0.717, 1.165) is 11.3 Å². The molecule has 0 heterocycles. The number of carbonyl (C=O) groups is 1. The number of benzene rings is 3. The summed E-state index contributed by atoms with van der Waals surface area (Å²) in [6.45, 7) is 0. The van der Waals surface area contributed by atoms with E-state index in [0.29, 0.717) is 10.0 Å². The van der Waals surface area contributed by atoms with Gasteiger partial charge in [-0.1, -0.05) is 46.3 Å². The lowest BCUT2D eigenvalue weighted by Crippen LogP contribution is -2.12. The number of amides is 1. The Labute approximate surface area is 158 Å². The van der Waals surface area contributed by atoms with Crippen LogP contribution in [0.25, 0.3) is 0 Å². The second-order valence-corrected chi connectivity index (χ2v) is 7.34. The van der Waals surface area contributed by atoms with Crippen molar-refractivity contribution in [3.63, 3.8) is 0 Å². The Balaban J connectivity index is 1.62. The first kappa shape index (κ1) is 17.7. The topological polar surface area (TPSA) is 29.1 Å². The standard InChI is InChI=1S/C20H15BrFNOS/c21-16-10-11-19(18(22)12-16)23-20(24)15-8-6-14(7-9-15)13-25-17-4-2-1-3-5-17/h1-12H,13H2,(H,23,24). The summed E-state index contributed by atoms with van der Waals surface area (Å²) < 4.78 is 14.4. The first-order chi connectivity index (χ1) is 12.1. The van der Waals surface area contributed by atoms with E-state index in [9.17, 15) is 9.18 Å². The highest BCUT2D eigenvalue weighted by Gasteiger charge is 2.09. The van der Waals surface area contributed by atoms with Gasteiger partial charge >= 0.3 is 0 Å². The highest BCUT2D eigenvalue weighted by Crippen LogP contribution is 2.23. The van der Waals surface area contributed by atoms with Gasteiger partial charge in [0.15, 0.2) is 0 Å². The molecule has 0 aliphatic heterocycles. The summed E-state index contributed by atoms with van der Waals surface area (Å²) in [5.74, 6) is 0.0230. The van der Waals surface area contributed by atoms with E-state index in [1.807, 2.05) is 30.3 Å². The monoisotopic (exact) mass is 415 g/mol. The first-order valence-corrected chi connectivity index (χ1v) is 9.43. The number of thioether (sulfide) groups is 1. The van der Waals surface area contributed by atoms with Gasteiger partial charge in [-0.15, -0.1) is 11.8 Å². The lowest BCUT2D eigenvalue weighted by Gasteiger charge is -2.08. The van der Waals surface area contributed by atoms with E-state index in [4.69, 9.17) is 0 Å². The van der Waals surface area contributed by atoms with Crippen LogP contribution < -0.4 is 5.32 Å². The van der Waals surface area contributed by atoms with Crippen molar-refractivity contribution in [2.24, 2.45) is 0 Å². The molecule has 3 rings (SSSR count). The number of rotatable bonds is 5. The van der Waals surface area contributed by atoms with Gasteiger partial charge in [0.2, 0.25) is 0 Å². The van der Waals surface area contributed by atoms with E-state index in [1.54, 1.807) is 30.0 Å². The fourth-order valence-electron chi connectivity index (χ4n) is 2.22. The van der Waals surface area contributed by atoms with Crippen LogP contribution in [-0.4, -0.2) is 5.91 Å². The Morgan fingerprint density at radius 3 is 2.40 bits per heavy atom. The van der Waals surface area contributed by atoms with Gasteiger partial charge in [-0.25, -0.2) is 4.39 Å². The summed E-state index contributed by atoms with van der Waals surface area (Å²) in [5, 5.41) is 2.59. The molecule has 3 aromatic carbocycles. The highest BCUT2D eigenvalue weighted by atomic mass is 79.9. The Hall–Kier alpha value is -2.11. The zero-order valence-corrected chi connectivity index (χ0v) is 15.6. The molecule has 0 fully saturated rings. The molecule has 2 nitrogen and oxygen atoms in total. The van der Waals surface area contributed by atoms with E-state index in [2.05, 4.69) is 33.4 Å². The van der Waals surface area contributed by atoms with Crippen molar-refractivity contribution in [1.82, 2.24) is 0 Å². The molecule has 0 spiro atoms. The molecule has 1 amide bonds. The molecular weight excluding hydrogens is 401 g/mol. The van der Waals surface area contributed by atoms with Crippen molar-refractivity contribution in [2.45, 2.75) is 10.6 Å². The lowest BCUT2D eigenvalue weighted by atomic mass is 10.1. The molecule has 3 aromatic rings. The average Bonchev–Trinajstić information content (AvgIpc) is 2.63. The zero-order valence-electron chi connectivity index (χ0n) is 13.2. The van der Waals surface area contributed by atoms with E-state index >= 15 is 0 Å². The Kier molecular flexibility index (Phi) is 5.89. The van der Waals surface area contributed by atoms with Crippen LogP contribution in [0.3, 0.4) is 0 Å². The molecule has 0 unspecified atom stereocenters. The molecule has 0 saturated carbocycles. The van der Waals surface area contributed by atoms with Crippen molar-refractivity contribution in [2.75, 3.05) is 5.32 Å². The summed E-state index contributed by atoms with van der Waals surface area (Å²) in [6, 6.07) is 22.0. The van der Waals surface area contributed by atoms with Crippen LogP contribution in [0.1, 0.15) is 15.9 Å². The Morgan fingerprint density at radius 2 is 1.72 bits per heavy atom. The number of carbonyl (C=O) groups excluding carboxylic acids is 1. The molecule has 25 heavy (non-hydrogen) atoms. The van der Waals surface area contributed by atoms with Crippen molar-refractivity contribution < 1.29 is 9.18 Å². The largest absolute Gasteiger partial charge is 0.319 e. The molecule has 1 N–H and O–H groups in total. The molecule has 0 bridgehead atoms. The van der Waals surface area contributed by atoms with Gasteiger partial charge in [-0.05, 0) is 48.0 Å². The number of hydrogen-bond acceptors (Lipinski definition) is 2. The SMILES string of the molecule is O=C(Nc1ccc(Br)cc1F)c1ccc(CSc2ccccc2)cc1. The molecule has 126 valence electrons. The van der Waals surface area contributed by atoms with Crippen molar-refractivity contribution in [3.05, 3.63) is 94.2 Å². The van der Waals surface area contributed by atoms with E-state index in [1.165, 1.54) is 17.0 Å². The van der Waals surface area contributed by atoms with Crippen LogP contribution >= 0.6 is 27.7 Å². The third-order valence-electron chi connectivity index (χ3n) is 3.54. The average molecular weight is 416 g/mol. The summed E-state index contributed by atoms with van der Waals surface area (Å²) in [6.07, 6.45) is 0. The Morgan fingerprint density at radius 1 is 1.00 bits per heavy atom. The van der Waals surface area contributed by atoms with Crippen LogP contribution in [-0.2, 0) is 5.75 Å². The van der Waals surface area contributed by atoms with Gasteiger partial charge in [-0.3, -0.25) is 4.79 Å². The maximum Gasteiger partial charge on any atom is 0.255 e. The molecule has 0 radical (unpaired) electrons. The van der Waals surface area contributed by atoms with Crippen molar-refractivity contribution >= 4 is 39.3 Å². The summed E-state index contributed by atoms with van der Waals surface area (Å²) in [7, 11) is 0. The maximum absolute atomic E-state index is 13.8. The van der Waals surface area contributed by atoms with Crippen LogP contribution in [0.15, 0.2) is 82.2 Å². The molecular formula is C20H15BrFNOS. The predicted molar refractivity (Wildman–Crippen MR) is 104 cm³/mol. The fourth-order valence-corrected chi connectivity index (χ4v) is 3.43. The van der Waals surface area contributed by atoms with Crippen LogP contribution in [0.4, 0.5) is 10.1 Å². The maximum atomic E-state index is 13.8. The molecule has 0 aliphatic rings. The van der Waals surface area contributed by atoms with Gasteiger partial charge in [0.1, 0.15) is 5.82 Å². The fraction of sp³-hybridized carbons (Fsp3) is 0.0500. The lowest BCUT2D eigenvalue weighted by molar-refractivity contribution is 0.102. The van der Waals surface area contributed by atoms with Crippen molar-refractivity contribution in [3.8, 4) is 0 Å².